The summed E-state index contributed by atoms with van der Waals surface area (Å²) in [5.41, 5.74) is 3.80. The fraction of sp³-hybridized carbons (Fsp3) is 0.286. The molecular formula is C28H30ClNO3. The molecule has 3 N–H and O–H groups in total. The minimum Gasteiger partial charge on any atom is -0.508 e. The molecular weight excluding hydrogens is 434 g/mol. The van der Waals surface area contributed by atoms with Crippen molar-refractivity contribution in [3.05, 3.63) is 100 Å². The van der Waals surface area contributed by atoms with E-state index in [-0.39, 0.29) is 11.5 Å². The fourth-order valence-electron chi connectivity index (χ4n) is 4.57. The van der Waals surface area contributed by atoms with Crippen molar-refractivity contribution in [2.45, 2.75) is 31.8 Å². The van der Waals surface area contributed by atoms with Gasteiger partial charge in [0.2, 0.25) is 0 Å². The maximum Gasteiger partial charge on any atom is 0.123 e. The summed E-state index contributed by atoms with van der Waals surface area (Å²) in [6.07, 6.45) is 4.28. The average molecular weight is 464 g/mol. The summed E-state index contributed by atoms with van der Waals surface area (Å²) < 4.78 is 0. The Morgan fingerprint density at radius 3 is 2.36 bits per heavy atom. The molecule has 3 aromatic rings. The van der Waals surface area contributed by atoms with Crippen LogP contribution in [0.1, 0.15) is 41.5 Å². The number of hydrogen-bond donors (Lipinski definition) is 3. The van der Waals surface area contributed by atoms with Crippen LogP contribution in [0.4, 0.5) is 0 Å². The molecule has 4 nitrogen and oxygen atoms in total. The standard InChI is InChI=1S/C28H30ClNO3/c1-20-5-2-3-6-24(20)25(26-19-23(31)12-13-27(26)32)7-4-16-30-17-14-28(33,15-18-30)21-8-10-22(29)11-9-21/h2-3,5-13,19,31-33H,4,14-18H2,1H3. The molecule has 0 radical (unpaired) electrons. The van der Waals surface area contributed by atoms with Crippen LogP contribution in [-0.2, 0) is 5.60 Å². The first-order chi connectivity index (χ1) is 15.9. The lowest BCUT2D eigenvalue weighted by Crippen LogP contribution is -2.42. The number of benzene rings is 3. The summed E-state index contributed by atoms with van der Waals surface area (Å²) in [5, 5.41) is 32.3. The molecule has 1 heterocycles. The van der Waals surface area contributed by atoms with Crippen molar-refractivity contribution in [2.24, 2.45) is 0 Å². The Balaban J connectivity index is 1.47. The van der Waals surface area contributed by atoms with Gasteiger partial charge in [0, 0.05) is 30.2 Å². The molecule has 1 saturated heterocycles. The first-order valence-corrected chi connectivity index (χ1v) is 11.7. The second-order valence-electron chi connectivity index (χ2n) is 8.80. The third-order valence-electron chi connectivity index (χ3n) is 6.56. The monoisotopic (exact) mass is 463 g/mol. The van der Waals surface area contributed by atoms with Gasteiger partial charge in [-0.25, -0.2) is 0 Å². The maximum atomic E-state index is 11.1. The average Bonchev–Trinajstić information content (AvgIpc) is 2.81. The topological polar surface area (TPSA) is 63.9 Å². The van der Waals surface area contributed by atoms with Crippen molar-refractivity contribution in [1.82, 2.24) is 4.90 Å². The van der Waals surface area contributed by atoms with Gasteiger partial charge < -0.3 is 20.2 Å². The number of piperidine rings is 1. The predicted octanol–water partition coefficient (Wildman–Crippen LogP) is 5.87. The molecule has 172 valence electrons. The molecule has 0 atom stereocenters. The molecule has 1 aliphatic heterocycles. The molecule has 0 unspecified atom stereocenters. The lowest BCUT2D eigenvalue weighted by Gasteiger charge is -2.38. The van der Waals surface area contributed by atoms with Crippen molar-refractivity contribution in [2.75, 3.05) is 19.6 Å². The lowest BCUT2D eigenvalue weighted by molar-refractivity contribution is -0.0254. The van der Waals surface area contributed by atoms with Crippen LogP contribution >= 0.6 is 11.6 Å². The third kappa shape index (κ3) is 5.41. The Hall–Kier alpha value is -2.79. The minimum atomic E-state index is -0.809. The summed E-state index contributed by atoms with van der Waals surface area (Å²) in [6.45, 7) is 4.52. The van der Waals surface area contributed by atoms with E-state index in [0.717, 1.165) is 48.3 Å². The zero-order valence-electron chi connectivity index (χ0n) is 18.8. The zero-order chi connectivity index (χ0) is 23.4. The Bertz CT molecular complexity index is 1130. The van der Waals surface area contributed by atoms with Gasteiger partial charge in [0.1, 0.15) is 11.5 Å². The molecule has 1 aliphatic rings. The van der Waals surface area contributed by atoms with Gasteiger partial charge >= 0.3 is 0 Å². The highest BCUT2D eigenvalue weighted by Crippen LogP contribution is 2.36. The van der Waals surface area contributed by atoms with Crippen LogP contribution in [0.5, 0.6) is 11.5 Å². The van der Waals surface area contributed by atoms with Gasteiger partial charge in [-0.2, -0.15) is 0 Å². The number of aliphatic hydroxyl groups is 1. The summed E-state index contributed by atoms with van der Waals surface area (Å²) in [4.78, 5) is 2.36. The molecule has 0 saturated carbocycles. The summed E-state index contributed by atoms with van der Waals surface area (Å²) in [5.74, 6) is 0.271. The number of hydrogen-bond acceptors (Lipinski definition) is 4. The summed E-state index contributed by atoms with van der Waals surface area (Å²) >= 11 is 5.99. The van der Waals surface area contributed by atoms with Gasteiger partial charge in [-0.1, -0.05) is 54.1 Å². The normalized spacial score (nSPS) is 16.6. The lowest BCUT2D eigenvalue weighted by atomic mass is 9.84. The van der Waals surface area contributed by atoms with E-state index >= 15 is 0 Å². The van der Waals surface area contributed by atoms with Gasteiger partial charge in [-0.05, 0) is 78.8 Å². The number of phenolic OH excluding ortho intramolecular Hbond substituents is 2. The molecule has 0 aromatic heterocycles. The fourth-order valence-corrected chi connectivity index (χ4v) is 4.69. The van der Waals surface area contributed by atoms with Gasteiger partial charge in [0.05, 0.1) is 5.60 Å². The number of nitrogens with zero attached hydrogens (tertiary/aromatic N) is 1. The molecule has 0 amide bonds. The van der Waals surface area contributed by atoms with E-state index in [1.165, 1.54) is 12.1 Å². The Morgan fingerprint density at radius 1 is 0.970 bits per heavy atom. The number of aryl methyl sites for hydroxylation is 1. The van der Waals surface area contributed by atoms with Crippen LogP contribution in [0, 0.1) is 6.92 Å². The molecule has 3 aromatic carbocycles. The smallest absolute Gasteiger partial charge is 0.123 e. The van der Waals surface area contributed by atoms with Crippen LogP contribution in [-0.4, -0.2) is 39.9 Å². The highest BCUT2D eigenvalue weighted by Gasteiger charge is 2.33. The van der Waals surface area contributed by atoms with Crippen LogP contribution in [0.25, 0.3) is 5.57 Å². The number of likely N-dealkylation sites (tertiary alicyclic amines) is 1. The predicted molar refractivity (Wildman–Crippen MR) is 134 cm³/mol. The van der Waals surface area contributed by atoms with Crippen molar-refractivity contribution < 1.29 is 15.3 Å². The number of aromatic hydroxyl groups is 2. The Labute approximate surface area is 200 Å². The first-order valence-electron chi connectivity index (χ1n) is 11.3. The van der Waals surface area contributed by atoms with Crippen molar-refractivity contribution in [3.8, 4) is 11.5 Å². The van der Waals surface area contributed by atoms with E-state index in [9.17, 15) is 15.3 Å². The molecule has 1 fully saturated rings. The SMILES string of the molecule is Cc1ccccc1C(=CCCN1CCC(O)(c2ccc(Cl)cc2)CC1)c1cc(O)ccc1O. The molecule has 33 heavy (non-hydrogen) atoms. The molecule has 0 aliphatic carbocycles. The highest BCUT2D eigenvalue weighted by atomic mass is 35.5. The van der Waals surface area contributed by atoms with Crippen LogP contribution in [0.2, 0.25) is 5.02 Å². The van der Waals surface area contributed by atoms with Gasteiger partial charge in [-0.15, -0.1) is 0 Å². The van der Waals surface area contributed by atoms with Crippen LogP contribution in [0.3, 0.4) is 0 Å². The summed E-state index contributed by atoms with van der Waals surface area (Å²) in [7, 11) is 0. The quantitative estimate of drug-likeness (QED) is 0.400. The summed E-state index contributed by atoms with van der Waals surface area (Å²) in [6, 6.07) is 20.2. The van der Waals surface area contributed by atoms with E-state index in [1.807, 2.05) is 55.5 Å². The van der Waals surface area contributed by atoms with E-state index in [2.05, 4.69) is 11.0 Å². The third-order valence-corrected chi connectivity index (χ3v) is 6.82. The van der Waals surface area contributed by atoms with E-state index in [0.29, 0.717) is 23.4 Å². The molecule has 4 rings (SSSR count). The Kier molecular flexibility index (Phi) is 7.08. The zero-order valence-corrected chi connectivity index (χ0v) is 19.6. The van der Waals surface area contributed by atoms with E-state index < -0.39 is 5.60 Å². The van der Waals surface area contributed by atoms with Crippen molar-refractivity contribution in [1.29, 1.82) is 0 Å². The second-order valence-corrected chi connectivity index (χ2v) is 9.24. The van der Waals surface area contributed by atoms with Gasteiger partial charge in [-0.3, -0.25) is 0 Å². The van der Waals surface area contributed by atoms with Gasteiger partial charge in [0.15, 0.2) is 0 Å². The number of phenols is 2. The van der Waals surface area contributed by atoms with Gasteiger partial charge in [0.25, 0.3) is 0 Å². The highest BCUT2D eigenvalue weighted by molar-refractivity contribution is 6.30. The van der Waals surface area contributed by atoms with E-state index in [1.54, 1.807) is 6.07 Å². The minimum absolute atomic E-state index is 0.125. The van der Waals surface area contributed by atoms with Crippen molar-refractivity contribution >= 4 is 17.2 Å². The number of halogens is 1. The largest absolute Gasteiger partial charge is 0.508 e. The second kappa shape index (κ2) is 10.0. The first kappa shape index (κ1) is 23.4. The molecule has 5 heteroatoms. The Morgan fingerprint density at radius 2 is 1.67 bits per heavy atom. The van der Waals surface area contributed by atoms with E-state index in [4.69, 9.17) is 11.6 Å². The van der Waals surface area contributed by atoms with Crippen LogP contribution < -0.4 is 0 Å². The van der Waals surface area contributed by atoms with Crippen molar-refractivity contribution in [3.63, 3.8) is 0 Å². The molecule has 0 spiro atoms. The molecule has 0 bridgehead atoms. The number of rotatable bonds is 6. The maximum absolute atomic E-state index is 11.1. The van der Waals surface area contributed by atoms with Crippen LogP contribution in [0.15, 0.2) is 72.8 Å².